The standard InChI is InChI=1S/C11H20N2OS/c1-5-7-15-8-6-13-10(14)9(12)11(2,3)4/h1,9H,6-8,12H2,2-4H3,(H,13,14)/t9-/m1/s1. The third-order valence-electron chi connectivity index (χ3n) is 1.95. The molecule has 0 saturated carbocycles. The van der Waals surface area contributed by atoms with Crippen LogP contribution in [0.3, 0.4) is 0 Å². The van der Waals surface area contributed by atoms with Gasteiger partial charge in [-0.1, -0.05) is 26.7 Å². The fourth-order valence-corrected chi connectivity index (χ4v) is 1.39. The van der Waals surface area contributed by atoms with Crippen molar-refractivity contribution in [3.8, 4) is 12.3 Å². The van der Waals surface area contributed by atoms with Crippen LogP contribution in [0.15, 0.2) is 0 Å². The molecule has 0 aliphatic carbocycles. The second-order valence-electron chi connectivity index (χ2n) is 4.39. The largest absolute Gasteiger partial charge is 0.354 e. The molecule has 0 aliphatic heterocycles. The van der Waals surface area contributed by atoms with Gasteiger partial charge in [-0.2, -0.15) is 0 Å². The highest BCUT2D eigenvalue weighted by atomic mass is 32.2. The van der Waals surface area contributed by atoms with Crippen molar-refractivity contribution in [1.82, 2.24) is 5.32 Å². The number of nitrogens with two attached hydrogens (primary N) is 1. The van der Waals surface area contributed by atoms with E-state index in [-0.39, 0.29) is 11.3 Å². The van der Waals surface area contributed by atoms with Gasteiger partial charge in [0.1, 0.15) is 0 Å². The monoisotopic (exact) mass is 228 g/mol. The average molecular weight is 228 g/mol. The normalized spacial score (nSPS) is 13.0. The minimum atomic E-state index is -0.463. The zero-order chi connectivity index (χ0) is 11.9. The van der Waals surface area contributed by atoms with Crippen molar-refractivity contribution in [2.45, 2.75) is 26.8 Å². The molecule has 1 atom stereocenters. The number of thioether (sulfide) groups is 1. The number of hydrogen-bond acceptors (Lipinski definition) is 3. The van der Waals surface area contributed by atoms with Crippen molar-refractivity contribution >= 4 is 17.7 Å². The zero-order valence-electron chi connectivity index (χ0n) is 9.67. The first kappa shape index (κ1) is 14.3. The number of amides is 1. The van der Waals surface area contributed by atoms with Crippen molar-refractivity contribution in [3.63, 3.8) is 0 Å². The Balaban J connectivity index is 3.71. The topological polar surface area (TPSA) is 55.1 Å². The van der Waals surface area contributed by atoms with Gasteiger partial charge in [-0.3, -0.25) is 4.79 Å². The van der Waals surface area contributed by atoms with Crippen molar-refractivity contribution in [2.24, 2.45) is 11.1 Å². The highest BCUT2D eigenvalue weighted by Crippen LogP contribution is 2.16. The van der Waals surface area contributed by atoms with E-state index in [1.54, 1.807) is 11.8 Å². The Morgan fingerprint density at radius 3 is 2.67 bits per heavy atom. The summed E-state index contributed by atoms with van der Waals surface area (Å²) in [6.07, 6.45) is 5.10. The van der Waals surface area contributed by atoms with E-state index in [1.165, 1.54) is 0 Å². The summed E-state index contributed by atoms with van der Waals surface area (Å²) >= 11 is 1.62. The molecule has 0 aromatic heterocycles. The highest BCUT2D eigenvalue weighted by molar-refractivity contribution is 7.99. The van der Waals surface area contributed by atoms with Crippen molar-refractivity contribution < 1.29 is 4.79 Å². The smallest absolute Gasteiger partial charge is 0.237 e. The van der Waals surface area contributed by atoms with Crippen LogP contribution < -0.4 is 11.1 Å². The number of carbonyl (C=O) groups excluding carboxylic acids is 1. The summed E-state index contributed by atoms with van der Waals surface area (Å²) in [6.45, 7) is 6.47. The maximum Gasteiger partial charge on any atom is 0.237 e. The lowest BCUT2D eigenvalue weighted by Gasteiger charge is -2.25. The molecule has 0 aromatic carbocycles. The summed E-state index contributed by atoms with van der Waals surface area (Å²) in [5.74, 6) is 3.94. The van der Waals surface area contributed by atoms with E-state index < -0.39 is 6.04 Å². The molecule has 86 valence electrons. The predicted molar refractivity (Wildman–Crippen MR) is 66.6 cm³/mol. The van der Waals surface area contributed by atoms with Crippen molar-refractivity contribution in [2.75, 3.05) is 18.1 Å². The van der Waals surface area contributed by atoms with E-state index in [9.17, 15) is 4.79 Å². The Morgan fingerprint density at radius 1 is 1.60 bits per heavy atom. The van der Waals surface area contributed by atoms with Gasteiger partial charge in [0.25, 0.3) is 0 Å². The van der Waals surface area contributed by atoms with Gasteiger partial charge in [-0.25, -0.2) is 0 Å². The molecular weight excluding hydrogens is 208 g/mol. The first-order chi connectivity index (χ1) is 6.89. The molecular formula is C11H20N2OS. The Hall–Kier alpha value is -0.660. The molecule has 0 aromatic rings. The van der Waals surface area contributed by atoms with Gasteiger partial charge in [0.05, 0.1) is 11.8 Å². The summed E-state index contributed by atoms with van der Waals surface area (Å²) < 4.78 is 0. The molecule has 0 heterocycles. The maximum absolute atomic E-state index is 11.5. The van der Waals surface area contributed by atoms with Crippen LogP contribution in [0, 0.1) is 17.8 Å². The molecule has 0 aliphatic rings. The Bertz CT molecular complexity index is 240. The van der Waals surface area contributed by atoms with Crippen molar-refractivity contribution in [1.29, 1.82) is 0 Å². The summed E-state index contributed by atoms with van der Waals surface area (Å²) in [5.41, 5.74) is 5.59. The van der Waals surface area contributed by atoms with Gasteiger partial charge in [-0.15, -0.1) is 18.2 Å². The second kappa shape index (κ2) is 6.76. The number of terminal acetylenes is 1. The molecule has 0 unspecified atom stereocenters. The SMILES string of the molecule is C#CCSCCNC(=O)[C@@H](N)C(C)(C)C. The minimum Gasteiger partial charge on any atom is -0.354 e. The first-order valence-corrected chi connectivity index (χ1v) is 6.09. The van der Waals surface area contributed by atoms with Crippen LogP contribution >= 0.6 is 11.8 Å². The Labute approximate surface area is 96.6 Å². The van der Waals surface area contributed by atoms with Crippen LogP contribution in [0.2, 0.25) is 0 Å². The van der Waals surface area contributed by atoms with Gasteiger partial charge >= 0.3 is 0 Å². The number of nitrogens with one attached hydrogen (secondary N) is 1. The summed E-state index contributed by atoms with van der Waals surface area (Å²) in [4.78, 5) is 11.5. The highest BCUT2D eigenvalue weighted by Gasteiger charge is 2.26. The van der Waals surface area contributed by atoms with Gasteiger partial charge in [0.15, 0.2) is 0 Å². The van der Waals surface area contributed by atoms with E-state index in [1.807, 2.05) is 20.8 Å². The van der Waals surface area contributed by atoms with Crippen LogP contribution in [0.1, 0.15) is 20.8 Å². The van der Waals surface area contributed by atoms with E-state index in [2.05, 4.69) is 11.2 Å². The van der Waals surface area contributed by atoms with Gasteiger partial charge in [0.2, 0.25) is 5.91 Å². The first-order valence-electron chi connectivity index (χ1n) is 4.94. The summed E-state index contributed by atoms with van der Waals surface area (Å²) in [6, 6.07) is -0.463. The number of hydrogen-bond donors (Lipinski definition) is 2. The zero-order valence-corrected chi connectivity index (χ0v) is 10.5. The molecule has 0 rings (SSSR count). The quantitative estimate of drug-likeness (QED) is 0.541. The molecule has 1 amide bonds. The summed E-state index contributed by atoms with van der Waals surface area (Å²) in [7, 11) is 0. The average Bonchev–Trinajstić information content (AvgIpc) is 2.14. The van der Waals surface area contributed by atoms with Gasteiger partial charge in [-0.05, 0) is 5.41 Å². The molecule has 3 nitrogen and oxygen atoms in total. The molecule has 0 fully saturated rings. The molecule has 0 bridgehead atoms. The lowest BCUT2D eigenvalue weighted by molar-refractivity contribution is -0.124. The predicted octanol–water partition coefficient (Wildman–Crippen LogP) is 0.842. The van der Waals surface area contributed by atoms with Gasteiger partial charge < -0.3 is 11.1 Å². The van der Waals surface area contributed by atoms with E-state index >= 15 is 0 Å². The van der Waals surface area contributed by atoms with Crippen LogP contribution in [0.4, 0.5) is 0 Å². The third-order valence-corrected chi connectivity index (χ3v) is 2.81. The van der Waals surface area contributed by atoms with Crippen molar-refractivity contribution in [3.05, 3.63) is 0 Å². The Morgan fingerprint density at radius 2 is 2.20 bits per heavy atom. The molecule has 15 heavy (non-hydrogen) atoms. The van der Waals surface area contributed by atoms with E-state index in [0.717, 1.165) is 5.75 Å². The number of rotatable bonds is 5. The summed E-state index contributed by atoms with van der Waals surface area (Å²) in [5, 5.41) is 2.79. The Kier molecular flexibility index (Phi) is 6.46. The number of carbonyl (C=O) groups is 1. The molecule has 0 spiro atoms. The van der Waals surface area contributed by atoms with Crippen LogP contribution in [0.5, 0.6) is 0 Å². The second-order valence-corrected chi connectivity index (χ2v) is 5.50. The van der Waals surface area contributed by atoms with Crippen LogP contribution in [-0.2, 0) is 4.79 Å². The maximum atomic E-state index is 11.5. The molecule has 0 saturated heterocycles. The fourth-order valence-electron chi connectivity index (χ4n) is 0.881. The lowest BCUT2D eigenvalue weighted by atomic mass is 9.87. The minimum absolute atomic E-state index is 0.0937. The molecule has 4 heteroatoms. The fraction of sp³-hybridized carbons (Fsp3) is 0.727. The van der Waals surface area contributed by atoms with Crippen LogP contribution in [-0.4, -0.2) is 30.0 Å². The molecule has 3 N–H and O–H groups in total. The van der Waals surface area contributed by atoms with E-state index in [0.29, 0.717) is 12.3 Å². The molecule has 0 radical (unpaired) electrons. The lowest BCUT2D eigenvalue weighted by Crippen LogP contribution is -2.49. The van der Waals surface area contributed by atoms with Crippen LogP contribution in [0.25, 0.3) is 0 Å². The van der Waals surface area contributed by atoms with Gasteiger partial charge in [0, 0.05) is 12.3 Å². The third kappa shape index (κ3) is 6.43. The van der Waals surface area contributed by atoms with E-state index in [4.69, 9.17) is 12.2 Å².